The van der Waals surface area contributed by atoms with Crippen LogP contribution in [0, 0.1) is 0 Å². The molecule has 3 rings (SSSR count). The molecule has 25 nitrogen and oxygen atoms in total. The summed E-state index contributed by atoms with van der Waals surface area (Å²) in [7, 11) is 0. The lowest BCUT2D eigenvalue weighted by molar-refractivity contribution is -0.380. The summed E-state index contributed by atoms with van der Waals surface area (Å²) in [6, 6.07) is 0. The number of aliphatic hydroxyl groups is 1. The van der Waals surface area contributed by atoms with Crippen LogP contribution >= 0.6 is 0 Å². The standard InChI is InChI=1S/C39H54O25/c1-11-12-50-31-28(54-19(5)43)26(14-52-17(3)41)61-38(35(31)58-23(9)47)64-33-30(56-21(7)45)27(15-53-18(4)42)62-39(36(33)59-24(10)48)63-32-29(55-20(6)44)25(13-51-16(2)40)60-37(49)34(32)57-22(8)46/h11,25-39,49H,1,12-15H2,2-10H3/t25-,26-,27-,28-,29-,30-,31+,32+,33+,34-,35-,36-,37-,38+,39-/m1/s1. The molecule has 64 heavy (non-hydrogen) atoms. The topological polar surface area (TPSA) is 312 Å². The molecule has 0 saturated carbocycles. The summed E-state index contributed by atoms with van der Waals surface area (Å²) in [6.07, 6.45) is -25.0. The molecule has 0 aromatic rings. The van der Waals surface area contributed by atoms with Crippen molar-refractivity contribution in [3.8, 4) is 0 Å². The fraction of sp³-hybridized carbons (Fsp3) is 0.718. The van der Waals surface area contributed by atoms with E-state index >= 15 is 0 Å². The van der Waals surface area contributed by atoms with Crippen LogP contribution in [-0.2, 0) is 114 Å². The van der Waals surface area contributed by atoms with Crippen molar-refractivity contribution in [1.29, 1.82) is 0 Å². The van der Waals surface area contributed by atoms with Crippen molar-refractivity contribution in [2.45, 2.75) is 154 Å². The molecule has 0 spiro atoms. The Kier molecular flexibility index (Phi) is 20.4. The molecule has 25 heteroatoms. The van der Waals surface area contributed by atoms with Crippen LogP contribution in [0.15, 0.2) is 12.7 Å². The van der Waals surface area contributed by atoms with E-state index in [-0.39, 0.29) is 6.61 Å². The Labute approximate surface area is 366 Å². The van der Waals surface area contributed by atoms with Crippen molar-refractivity contribution in [2.24, 2.45) is 0 Å². The number of carbonyl (C=O) groups excluding carboxylic acids is 9. The number of rotatable bonds is 19. The zero-order chi connectivity index (χ0) is 48.0. The second kappa shape index (κ2) is 24.7. The Balaban J connectivity index is 2.33. The van der Waals surface area contributed by atoms with Crippen molar-refractivity contribution in [1.82, 2.24) is 0 Å². The molecule has 0 radical (unpaired) electrons. The third-order valence-electron chi connectivity index (χ3n) is 8.95. The zero-order valence-corrected chi connectivity index (χ0v) is 36.5. The Morgan fingerprint density at radius 3 is 1.06 bits per heavy atom. The van der Waals surface area contributed by atoms with Gasteiger partial charge in [0.15, 0.2) is 55.5 Å². The van der Waals surface area contributed by atoms with Crippen LogP contribution in [0.2, 0.25) is 0 Å². The number of ether oxygens (including phenoxy) is 15. The highest BCUT2D eigenvalue weighted by Gasteiger charge is 2.59. The van der Waals surface area contributed by atoms with Gasteiger partial charge >= 0.3 is 53.7 Å². The minimum absolute atomic E-state index is 0.251. The molecule has 3 aliphatic heterocycles. The molecule has 15 atom stereocenters. The van der Waals surface area contributed by atoms with Crippen molar-refractivity contribution in [3.63, 3.8) is 0 Å². The minimum Gasteiger partial charge on any atom is -0.463 e. The quantitative estimate of drug-likeness (QED) is 0.0901. The second-order valence-corrected chi connectivity index (χ2v) is 14.3. The van der Waals surface area contributed by atoms with Gasteiger partial charge in [0.1, 0.15) is 56.4 Å². The van der Waals surface area contributed by atoms with Crippen LogP contribution in [-0.4, -0.2) is 177 Å². The lowest BCUT2D eigenvalue weighted by atomic mass is 9.95. The molecule has 1 N–H and O–H groups in total. The molecule has 3 heterocycles. The summed E-state index contributed by atoms with van der Waals surface area (Å²) in [5, 5.41) is 11.1. The van der Waals surface area contributed by atoms with Crippen LogP contribution in [0.25, 0.3) is 0 Å². The molecule has 3 saturated heterocycles. The molecular formula is C39H54O25. The molecule has 0 aromatic heterocycles. The molecule has 0 aromatic carbocycles. The maximum atomic E-state index is 13.0. The first-order chi connectivity index (χ1) is 30.0. The van der Waals surface area contributed by atoms with Crippen LogP contribution in [0.3, 0.4) is 0 Å². The summed E-state index contributed by atoms with van der Waals surface area (Å²) < 4.78 is 85.5. The van der Waals surface area contributed by atoms with Crippen molar-refractivity contribution in [3.05, 3.63) is 12.7 Å². The van der Waals surface area contributed by atoms with E-state index < -0.39 is 166 Å². The number of hydrogen-bond acceptors (Lipinski definition) is 25. The third kappa shape index (κ3) is 15.7. The van der Waals surface area contributed by atoms with Crippen LogP contribution in [0.1, 0.15) is 62.3 Å². The van der Waals surface area contributed by atoms with Gasteiger partial charge in [-0.25, -0.2) is 0 Å². The van der Waals surface area contributed by atoms with E-state index in [0.717, 1.165) is 62.3 Å². The molecule has 3 fully saturated rings. The third-order valence-corrected chi connectivity index (χ3v) is 8.95. The first kappa shape index (κ1) is 53.0. The molecule has 0 amide bonds. The molecule has 0 bridgehead atoms. The highest BCUT2D eigenvalue weighted by Crippen LogP contribution is 2.38. The van der Waals surface area contributed by atoms with E-state index in [1.165, 1.54) is 6.08 Å². The van der Waals surface area contributed by atoms with Crippen molar-refractivity contribution >= 4 is 53.7 Å². The van der Waals surface area contributed by atoms with Gasteiger partial charge in [-0.1, -0.05) is 6.08 Å². The van der Waals surface area contributed by atoms with Gasteiger partial charge in [0.2, 0.25) is 0 Å². The molecular weight excluding hydrogens is 868 g/mol. The molecule has 3 aliphatic rings. The van der Waals surface area contributed by atoms with Crippen LogP contribution < -0.4 is 0 Å². The van der Waals surface area contributed by atoms with E-state index in [4.69, 9.17) is 71.1 Å². The van der Waals surface area contributed by atoms with E-state index in [9.17, 15) is 48.3 Å². The Bertz CT molecular complexity index is 1700. The Hall–Kier alpha value is -5.31. The van der Waals surface area contributed by atoms with Gasteiger partial charge in [-0.3, -0.25) is 43.2 Å². The van der Waals surface area contributed by atoms with Gasteiger partial charge in [0.05, 0.1) is 6.61 Å². The largest absolute Gasteiger partial charge is 0.463 e. The summed E-state index contributed by atoms with van der Waals surface area (Å²) >= 11 is 0. The van der Waals surface area contributed by atoms with Gasteiger partial charge in [0.25, 0.3) is 0 Å². The van der Waals surface area contributed by atoms with E-state index in [0.29, 0.717) is 0 Å². The van der Waals surface area contributed by atoms with Gasteiger partial charge < -0.3 is 76.2 Å². The first-order valence-corrected chi connectivity index (χ1v) is 19.6. The second-order valence-electron chi connectivity index (χ2n) is 14.3. The number of aliphatic hydroxyl groups excluding tert-OH is 1. The number of carbonyl (C=O) groups is 9. The normalized spacial score (nSPS) is 32.3. The summed E-state index contributed by atoms with van der Waals surface area (Å²) in [5.74, 6) is -8.26. The zero-order valence-electron chi connectivity index (χ0n) is 36.5. The predicted octanol–water partition coefficient (Wildman–Crippen LogP) is -1.23. The predicted molar refractivity (Wildman–Crippen MR) is 201 cm³/mol. The summed E-state index contributed by atoms with van der Waals surface area (Å²) in [5.41, 5.74) is 0. The molecule has 360 valence electrons. The van der Waals surface area contributed by atoms with Crippen molar-refractivity contribution in [2.75, 3.05) is 26.4 Å². The number of hydrogen-bond donors (Lipinski definition) is 1. The SMILES string of the molecule is C=CCO[C@@H]1[C@@H](OC(C)=O)[C@H](O[C@@H]2[C@@H](OC(C)=O)[C@@H](O[C@@H]3[C@@H](OC(C)=O)[C@H](O)O[C@H](COC(C)=O)[C@H]3OC(C)=O)O[C@H](COC(C)=O)[C@H]2OC(C)=O)O[C@H](COC(C)=O)[C@H]1OC(C)=O. The fourth-order valence-corrected chi connectivity index (χ4v) is 6.81. The van der Waals surface area contributed by atoms with E-state index in [2.05, 4.69) is 6.58 Å². The lowest BCUT2D eigenvalue weighted by Gasteiger charge is -2.50. The Morgan fingerprint density at radius 2 is 0.719 bits per heavy atom. The average Bonchev–Trinajstić information content (AvgIpc) is 3.16. The molecule has 0 aliphatic carbocycles. The van der Waals surface area contributed by atoms with Crippen LogP contribution in [0.4, 0.5) is 0 Å². The number of esters is 9. The summed E-state index contributed by atoms with van der Waals surface area (Å²) in [4.78, 5) is 112. The first-order valence-electron chi connectivity index (χ1n) is 19.6. The van der Waals surface area contributed by atoms with Gasteiger partial charge in [0, 0.05) is 62.3 Å². The van der Waals surface area contributed by atoms with Crippen LogP contribution in [0.5, 0.6) is 0 Å². The summed E-state index contributed by atoms with van der Waals surface area (Å²) in [6.45, 7) is 10.5. The van der Waals surface area contributed by atoms with E-state index in [1.54, 1.807) is 0 Å². The Morgan fingerprint density at radius 1 is 0.422 bits per heavy atom. The maximum Gasteiger partial charge on any atom is 0.303 e. The maximum absolute atomic E-state index is 13.0. The monoisotopic (exact) mass is 922 g/mol. The van der Waals surface area contributed by atoms with Gasteiger partial charge in [-0.05, 0) is 0 Å². The van der Waals surface area contributed by atoms with Crippen molar-refractivity contribution < 1.29 is 119 Å². The average molecular weight is 923 g/mol. The minimum atomic E-state index is -2.07. The highest BCUT2D eigenvalue weighted by atomic mass is 16.8. The molecule has 0 unspecified atom stereocenters. The fourth-order valence-electron chi connectivity index (χ4n) is 6.81. The van der Waals surface area contributed by atoms with E-state index in [1.807, 2.05) is 0 Å². The van der Waals surface area contributed by atoms with Gasteiger partial charge in [-0.2, -0.15) is 0 Å². The smallest absolute Gasteiger partial charge is 0.303 e. The van der Waals surface area contributed by atoms with Gasteiger partial charge in [-0.15, -0.1) is 6.58 Å². The lowest BCUT2D eigenvalue weighted by Crippen LogP contribution is -2.69. The highest BCUT2D eigenvalue weighted by molar-refractivity contribution is 5.69.